The standard InChI is InChI=1S/C15H22N4O3/c1-15(2,3)16-11(20)10-5-4-8-19(10)14(21)13-18-17-12(22-13)9-6-7-9/h9-10H,4-8H2,1-3H3,(H,16,20). The second kappa shape index (κ2) is 5.37. The molecule has 120 valence electrons. The molecular weight excluding hydrogens is 284 g/mol. The van der Waals surface area contributed by atoms with Crippen molar-refractivity contribution in [2.45, 2.75) is 64.0 Å². The SMILES string of the molecule is CC(C)(C)NC(=O)C1CCCN1C(=O)c1nnc(C2CC2)o1. The zero-order chi connectivity index (χ0) is 15.9. The van der Waals surface area contributed by atoms with Gasteiger partial charge < -0.3 is 14.6 Å². The molecule has 1 aromatic heterocycles. The van der Waals surface area contributed by atoms with E-state index in [0.29, 0.717) is 24.8 Å². The molecule has 1 aliphatic heterocycles. The summed E-state index contributed by atoms with van der Waals surface area (Å²) in [4.78, 5) is 26.4. The Morgan fingerprint density at radius 2 is 1.95 bits per heavy atom. The summed E-state index contributed by atoms with van der Waals surface area (Å²) in [6.07, 6.45) is 3.54. The van der Waals surface area contributed by atoms with Gasteiger partial charge in [-0.1, -0.05) is 0 Å². The van der Waals surface area contributed by atoms with Crippen LogP contribution >= 0.6 is 0 Å². The fourth-order valence-electron chi connectivity index (χ4n) is 2.67. The molecule has 1 aromatic rings. The van der Waals surface area contributed by atoms with E-state index in [2.05, 4.69) is 15.5 Å². The number of amides is 2. The number of nitrogens with one attached hydrogen (secondary N) is 1. The number of nitrogens with zero attached hydrogens (tertiary/aromatic N) is 3. The van der Waals surface area contributed by atoms with Crippen LogP contribution in [-0.2, 0) is 4.79 Å². The van der Waals surface area contributed by atoms with Gasteiger partial charge in [-0.25, -0.2) is 0 Å². The monoisotopic (exact) mass is 306 g/mol. The van der Waals surface area contributed by atoms with Crippen molar-refractivity contribution in [1.29, 1.82) is 0 Å². The van der Waals surface area contributed by atoms with Crippen LogP contribution in [0, 0.1) is 0 Å². The molecule has 1 saturated carbocycles. The highest BCUT2D eigenvalue weighted by Gasteiger charge is 2.38. The van der Waals surface area contributed by atoms with Gasteiger partial charge in [-0.15, -0.1) is 10.2 Å². The lowest BCUT2D eigenvalue weighted by Crippen LogP contribution is -2.51. The summed E-state index contributed by atoms with van der Waals surface area (Å²) in [6, 6.07) is -0.456. The Labute approximate surface area is 129 Å². The lowest BCUT2D eigenvalue weighted by atomic mass is 10.1. The number of carbonyl (C=O) groups is 2. The number of likely N-dealkylation sites (tertiary alicyclic amines) is 1. The molecule has 0 bridgehead atoms. The number of rotatable bonds is 3. The van der Waals surface area contributed by atoms with E-state index in [1.165, 1.54) is 0 Å². The van der Waals surface area contributed by atoms with Gasteiger partial charge in [0.2, 0.25) is 11.8 Å². The molecule has 7 nitrogen and oxygen atoms in total. The Hall–Kier alpha value is -1.92. The van der Waals surface area contributed by atoms with Crippen molar-refractivity contribution in [3.05, 3.63) is 11.8 Å². The van der Waals surface area contributed by atoms with Crippen molar-refractivity contribution in [3.63, 3.8) is 0 Å². The lowest BCUT2D eigenvalue weighted by Gasteiger charge is -2.27. The van der Waals surface area contributed by atoms with Crippen molar-refractivity contribution in [3.8, 4) is 0 Å². The molecule has 2 heterocycles. The van der Waals surface area contributed by atoms with Crippen molar-refractivity contribution in [2.24, 2.45) is 0 Å². The fourth-order valence-corrected chi connectivity index (χ4v) is 2.67. The summed E-state index contributed by atoms with van der Waals surface area (Å²) < 4.78 is 5.47. The minimum absolute atomic E-state index is 0.00245. The first-order chi connectivity index (χ1) is 10.3. The maximum atomic E-state index is 12.5. The van der Waals surface area contributed by atoms with E-state index in [4.69, 9.17) is 4.42 Å². The number of hydrogen-bond acceptors (Lipinski definition) is 5. The maximum Gasteiger partial charge on any atom is 0.312 e. The molecule has 0 radical (unpaired) electrons. The summed E-state index contributed by atoms with van der Waals surface area (Å²) in [6.45, 7) is 6.31. The molecular formula is C15H22N4O3. The van der Waals surface area contributed by atoms with Gasteiger partial charge in [-0.3, -0.25) is 9.59 Å². The Morgan fingerprint density at radius 3 is 2.59 bits per heavy atom. The smallest absolute Gasteiger partial charge is 0.312 e. The summed E-state index contributed by atoms with van der Waals surface area (Å²) in [5, 5.41) is 10.7. The maximum absolute atomic E-state index is 12.5. The highest BCUT2D eigenvalue weighted by atomic mass is 16.4. The molecule has 7 heteroatoms. The molecule has 2 amide bonds. The Balaban J connectivity index is 1.71. The summed E-state index contributed by atoms with van der Waals surface area (Å²) in [5.41, 5.74) is -0.321. The van der Waals surface area contributed by atoms with Crippen LogP contribution in [0.25, 0.3) is 0 Å². The predicted molar refractivity (Wildman–Crippen MR) is 78.2 cm³/mol. The van der Waals surface area contributed by atoms with E-state index in [1.807, 2.05) is 20.8 Å². The summed E-state index contributed by atoms with van der Waals surface area (Å²) >= 11 is 0. The number of carbonyl (C=O) groups excluding carboxylic acids is 2. The third kappa shape index (κ3) is 3.13. The molecule has 1 saturated heterocycles. The van der Waals surface area contributed by atoms with Crippen LogP contribution < -0.4 is 5.32 Å². The van der Waals surface area contributed by atoms with Gasteiger partial charge in [0.15, 0.2) is 0 Å². The Bertz CT molecular complexity index is 586. The highest BCUT2D eigenvalue weighted by Crippen LogP contribution is 2.39. The predicted octanol–water partition coefficient (Wildman–Crippen LogP) is 1.47. The van der Waals surface area contributed by atoms with Crippen LogP contribution in [0.3, 0.4) is 0 Å². The van der Waals surface area contributed by atoms with E-state index in [0.717, 1.165) is 19.3 Å². The third-order valence-electron chi connectivity index (χ3n) is 3.86. The van der Waals surface area contributed by atoms with Crippen molar-refractivity contribution < 1.29 is 14.0 Å². The molecule has 1 unspecified atom stereocenters. The second-order valence-electron chi connectivity index (χ2n) is 7.12. The van der Waals surface area contributed by atoms with Crippen LogP contribution in [-0.4, -0.2) is 45.0 Å². The normalized spacial score (nSPS) is 22.0. The largest absolute Gasteiger partial charge is 0.417 e. The van der Waals surface area contributed by atoms with Crippen molar-refractivity contribution in [1.82, 2.24) is 20.4 Å². The molecule has 2 fully saturated rings. The zero-order valence-corrected chi connectivity index (χ0v) is 13.3. The first kappa shape index (κ1) is 15.0. The minimum Gasteiger partial charge on any atom is -0.417 e. The van der Waals surface area contributed by atoms with E-state index in [9.17, 15) is 9.59 Å². The number of hydrogen-bond donors (Lipinski definition) is 1. The third-order valence-corrected chi connectivity index (χ3v) is 3.86. The number of aromatic nitrogens is 2. The van der Waals surface area contributed by atoms with E-state index >= 15 is 0 Å². The average Bonchev–Trinajstić information content (AvgIpc) is 2.99. The van der Waals surface area contributed by atoms with Crippen molar-refractivity contribution >= 4 is 11.8 Å². The fraction of sp³-hybridized carbons (Fsp3) is 0.733. The quantitative estimate of drug-likeness (QED) is 0.913. The van der Waals surface area contributed by atoms with E-state index in [-0.39, 0.29) is 23.2 Å². The Kier molecular flexibility index (Phi) is 3.66. The summed E-state index contributed by atoms with van der Waals surface area (Å²) in [7, 11) is 0. The van der Waals surface area contributed by atoms with Crippen LogP contribution in [0.2, 0.25) is 0 Å². The Morgan fingerprint density at radius 1 is 1.23 bits per heavy atom. The van der Waals surface area contributed by atoms with Gasteiger partial charge >= 0.3 is 11.8 Å². The van der Waals surface area contributed by atoms with Crippen molar-refractivity contribution in [2.75, 3.05) is 6.54 Å². The zero-order valence-electron chi connectivity index (χ0n) is 13.3. The van der Waals surface area contributed by atoms with Gasteiger partial charge in [0.05, 0.1) is 0 Å². The van der Waals surface area contributed by atoms with Crippen LogP contribution in [0.4, 0.5) is 0 Å². The molecule has 1 aliphatic carbocycles. The van der Waals surface area contributed by atoms with Gasteiger partial charge in [0, 0.05) is 18.0 Å². The van der Waals surface area contributed by atoms with Gasteiger partial charge in [-0.2, -0.15) is 0 Å². The second-order valence-corrected chi connectivity index (χ2v) is 7.12. The summed E-state index contributed by atoms with van der Waals surface area (Å²) in [5.74, 6) is 0.384. The van der Waals surface area contributed by atoms with Gasteiger partial charge in [0.25, 0.3) is 0 Å². The average molecular weight is 306 g/mol. The van der Waals surface area contributed by atoms with E-state index in [1.54, 1.807) is 4.90 Å². The van der Waals surface area contributed by atoms with Crippen LogP contribution in [0.5, 0.6) is 0 Å². The van der Waals surface area contributed by atoms with E-state index < -0.39 is 6.04 Å². The molecule has 1 atom stereocenters. The van der Waals surface area contributed by atoms with Crippen LogP contribution in [0.1, 0.15) is 68.9 Å². The first-order valence-electron chi connectivity index (χ1n) is 7.81. The molecule has 2 aliphatic rings. The molecule has 1 N–H and O–H groups in total. The molecule has 3 rings (SSSR count). The molecule has 22 heavy (non-hydrogen) atoms. The van der Waals surface area contributed by atoms with Gasteiger partial charge in [-0.05, 0) is 46.5 Å². The van der Waals surface area contributed by atoms with Crippen LogP contribution in [0.15, 0.2) is 4.42 Å². The minimum atomic E-state index is -0.456. The van der Waals surface area contributed by atoms with Gasteiger partial charge in [0.1, 0.15) is 6.04 Å². The molecule has 0 aromatic carbocycles. The first-order valence-corrected chi connectivity index (χ1v) is 7.81. The lowest BCUT2D eigenvalue weighted by molar-refractivity contribution is -0.126. The highest BCUT2D eigenvalue weighted by molar-refractivity contribution is 5.94. The molecule has 0 spiro atoms. The topological polar surface area (TPSA) is 88.3 Å².